The Morgan fingerprint density at radius 1 is 1.33 bits per heavy atom. The minimum Gasteiger partial charge on any atom is -0.361 e. The SMILES string of the molecule is O=C(Cc1c[nH]c2ccccc12)C(F)F. The number of ketones is 1. The smallest absolute Gasteiger partial charge is 0.296 e. The van der Waals surface area contributed by atoms with Gasteiger partial charge in [-0.15, -0.1) is 0 Å². The average molecular weight is 209 g/mol. The van der Waals surface area contributed by atoms with Crippen molar-refractivity contribution in [3.8, 4) is 0 Å². The van der Waals surface area contributed by atoms with Crippen molar-refractivity contribution in [3.05, 3.63) is 36.0 Å². The summed E-state index contributed by atoms with van der Waals surface area (Å²) < 4.78 is 24.1. The molecule has 0 saturated heterocycles. The van der Waals surface area contributed by atoms with Gasteiger partial charge in [0.2, 0.25) is 5.78 Å². The standard InChI is InChI=1S/C11H9F2NO/c12-11(13)10(15)5-7-6-14-9-4-2-1-3-8(7)9/h1-4,6,11,14H,5H2. The molecule has 1 N–H and O–H groups in total. The number of Topliss-reactive ketones (excluding diaryl/α,β-unsaturated/α-hetero) is 1. The first kappa shape index (κ1) is 9.83. The van der Waals surface area contributed by atoms with Crippen LogP contribution < -0.4 is 0 Å². The number of benzene rings is 1. The Hall–Kier alpha value is -1.71. The molecule has 0 atom stereocenters. The summed E-state index contributed by atoms with van der Waals surface area (Å²) in [6, 6.07) is 7.30. The van der Waals surface area contributed by atoms with Gasteiger partial charge in [-0.2, -0.15) is 0 Å². The molecule has 4 heteroatoms. The largest absolute Gasteiger partial charge is 0.361 e. The zero-order valence-electron chi connectivity index (χ0n) is 7.84. The van der Waals surface area contributed by atoms with Crippen LogP contribution in [-0.4, -0.2) is 17.2 Å². The van der Waals surface area contributed by atoms with E-state index in [4.69, 9.17) is 0 Å². The lowest BCUT2D eigenvalue weighted by molar-refractivity contribution is -0.128. The number of hydrogen-bond donors (Lipinski definition) is 1. The van der Waals surface area contributed by atoms with Crippen LogP contribution >= 0.6 is 0 Å². The minimum atomic E-state index is -2.89. The van der Waals surface area contributed by atoms with Gasteiger partial charge in [-0.3, -0.25) is 4.79 Å². The van der Waals surface area contributed by atoms with Crippen LogP contribution in [0.25, 0.3) is 10.9 Å². The highest BCUT2D eigenvalue weighted by molar-refractivity contribution is 5.90. The number of halogens is 2. The van der Waals surface area contributed by atoms with Crippen molar-refractivity contribution in [2.24, 2.45) is 0 Å². The zero-order chi connectivity index (χ0) is 10.8. The summed E-state index contributed by atoms with van der Waals surface area (Å²) >= 11 is 0. The van der Waals surface area contributed by atoms with E-state index >= 15 is 0 Å². The molecule has 0 spiro atoms. The fourth-order valence-electron chi connectivity index (χ4n) is 1.54. The second-order valence-electron chi connectivity index (χ2n) is 3.30. The third-order valence-corrected chi connectivity index (χ3v) is 2.28. The van der Waals surface area contributed by atoms with Crippen molar-refractivity contribution >= 4 is 16.7 Å². The Morgan fingerprint density at radius 3 is 2.80 bits per heavy atom. The molecule has 2 rings (SSSR count). The molecular formula is C11H9F2NO. The Morgan fingerprint density at radius 2 is 2.07 bits per heavy atom. The van der Waals surface area contributed by atoms with Crippen LogP contribution in [-0.2, 0) is 11.2 Å². The molecule has 0 fully saturated rings. The Labute approximate surface area is 84.9 Å². The Bertz CT molecular complexity index is 490. The number of para-hydroxylation sites is 1. The molecule has 15 heavy (non-hydrogen) atoms. The number of carbonyl (C=O) groups is 1. The van der Waals surface area contributed by atoms with Crippen molar-refractivity contribution in [1.82, 2.24) is 4.98 Å². The van der Waals surface area contributed by atoms with Crippen LogP contribution in [0.2, 0.25) is 0 Å². The second-order valence-corrected chi connectivity index (χ2v) is 3.30. The number of aromatic amines is 1. The van der Waals surface area contributed by atoms with Crippen molar-refractivity contribution in [2.75, 3.05) is 0 Å². The van der Waals surface area contributed by atoms with Crippen LogP contribution in [0, 0.1) is 0 Å². The van der Waals surface area contributed by atoms with Gasteiger partial charge in [0, 0.05) is 23.5 Å². The van der Waals surface area contributed by atoms with Crippen molar-refractivity contribution in [3.63, 3.8) is 0 Å². The summed E-state index contributed by atoms with van der Waals surface area (Å²) in [4.78, 5) is 13.8. The molecule has 2 nitrogen and oxygen atoms in total. The van der Waals surface area contributed by atoms with E-state index in [0.717, 1.165) is 10.9 Å². The average Bonchev–Trinajstić information content (AvgIpc) is 2.62. The van der Waals surface area contributed by atoms with E-state index in [1.54, 1.807) is 12.3 Å². The maximum Gasteiger partial charge on any atom is 0.296 e. The molecule has 0 aliphatic rings. The third kappa shape index (κ3) is 1.88. The number of nitrogens with one attached hydrogen (secondary N) is 1. The van der Waals surface area contributed by atoms with Gasteiger partial charge < -0.3 is 4.98 Å². The number of rotatable bonds is 3. The summed E-state index contributed by atoms with van der Waals surface area (Å²) in [7, 11) is 0. The Kier molecular flexibility index (Phi) is 2.49. The summed E-state index contributed by atoms with van der Waals surface area (Å²) in [6.07, 6.45) is -1.51. The molecule has 1 aromatic carbocycles. The van der Waals surface area contributed by atoms with Crippen LogP contribution in [0.1, 0.15) is 5.56 Å². The number of aromatic nitrogens is 1. The maximum absolute atomic E-state index is 12.1. The van der Waals surface area contributed by atoms with E-state index in [-0.39, 0.29) is 6.42 Å². The molecule has 0 aliphatic carbocycles. The normalized spacial score (nSPS) is 11.1. The molecule has 2 aromatic rings. The van der Waals surface area contributed by atoms with Crippen LogP contribution in [0.3, 0.4) is 0 Å². The summed E-state index contributed by atoms with van der Waals surface area (Å²) in [5.74, 6) is -1.04. The number of alkyl halides is 2. The zero-order valence-corrected chi connectivity index (χ0v) is 7.84. The van der Waals surface area contributed by atoms with E-state index in [1.807, 2.05) is 18.2 Å². The molecular weight excluding hydrogens is 200 g/mol. The maximum atomic E-state index is 12.1. The molecule has 78 valence electrons. The van der Waals surface area contributed by atoms with Gasteiger partial charge in [0.25, 0.3) is 6.43 Å². The first-order chi connectivity index (χ1) is 7.18. The second kappa shape index (κ2) is 3.81. The number of fused-ring (bicyclic) bond motifs is 1. The lowest BCUT2D eigenvalue weighted by Crippen LogP contribution is -2.12. The van der Waals surface area contributed by atoms with E-state index in [1.165, 1.54) is 0 Å². The first-order valence-electron chi connectivity index (χ1n) is 4.54. The number of H-pyrrole nitrogens is 1. The highest BCUT2D eigenvalue weighted by Crippen LogP contribution is 2.18. The van der Waals surface area contributed by atoms with E-state index in [2.05, 4.69) is 4.98 Å². The van der Waals surface area contributed by atoms with Gasteiger partial charge >= 0.3 is 0 Å². The minimum absolute atomic E-state index is 0.221. The molecule has 0 radical (unpaired) electrons. The van der Waals surface area contributed by atoms with Gasteiger partial charge in [-0.1, -0.05) is 18.2 Å². The first-order valence-corrected chi connectivity index (χ1v) is 4.54. The van der Waals surface area contributed by atoms with E-state index < -0.39 is 12.2 Å². The lowest BCUT2D eigenvalue weighted by Gasteiger charge is -1.97. The van der Waals surface area contributed by atoms with Crippen molar-refractivity contribution < 1.29 is 13.6 Å². The highest BCUT2D eigenvalue weighted by Gasteiger charge is 2.17. The van der Waals surface area contributed by atoms with Gasteiger partial charge in [-0.05, 0) is 11.6 Å². The molecule has 1 heterocycles. The topological polar surface area (TPSA) is 32.9 Å². The fraction of sp³-hybridized carbons (Fsp3) is 0.182. The Balaban J connectivity index is 2.33. The van der Waals surface area contributed by atoms with Gasteiger partial charge in [0.15, 0.2) is 0 Å². The monoisotopic (exact) mass is 209 g/mol. The van der Waals surface area contributed by atoms with E-state index in [0.29, 0.717) is 5.56 Å². The van der Waals surface area contributed by atoms with Gasteiger partial charge in [-0.25, -0.2) is 8.78 Å². The molecule has 1 aromatic heterocycles. The van der Waals surface area contributed by atoms with Crippen LogP contribution in [0.5, 0.6) is 0 Å². The van der Waals surface area contributed by atoms with Crippen molar-refractivity contribution in [2.45, 2.75) is 12.8 Å². The molecule has 0 unspecified atom stereocenters. The third-order valence-electron chi connectivity index (χ3n) is 2.28. The van der Waals surface area contributed by atoms with Gasteiger partial charge in [0.1, 0.15) is 0 Å². The summed E-state index contributed by atoms with van der Waals surface area (Å²) in [6.45, 7) is 0. The van der Waals surface area contributed by atoms with Gasteiger partial charge in [0.05, 0.1) is 0 Å². The predicted octanol–water partition coefficient (Wildman–Crippen LogP) is 2.54. The summed E-state index contributed by atoms with van der Waals surface area (Å²) in [5, 5.41) is 0.825. The molecule has 0 saturated carbocycles. The molecule has 0 bridgehead atoms. The van der Waals surface area contributed by atoms with Crippen LogP contribution in [0.15, 0.2) is 30.5 Å². The van der Waals surface area contributed by atoms with Crippen LogP contribution in [0.4, 0.5) is 8.78 Å². The van der Waals surface area contributed by atoms with E-state index in [9.17, 15) is 13.6 Å². The lowest BCUT2D eigenvalue weighted by atomic mass is 10.1. The molecule has 0 aliphatic heterocycles. The number of hydrogen-bond acceptors (Lipinski definition) is 1. The quantitative estimate of drug-likeness (QED) is 0.827. The molecule has 0 amide bonds. The fourth-order valence-corrected chi connectivity index (χ4v) is 1.54. The number of carbonyl (C=O) groups excluding carboxylic acids is 1. The summed E-state index contributed by atoms with van der Waals surface area (Å²) in [5.41, 5.74) is 1.48. The predicted molar refractivity (Wildman–Crippen MR) is 53.0 cm³/mol. The highest BCUT2D eigenvalue weighted by atomic mass is 19.3. The van der Waals surface area contributed by atoms with Crippen molar-refractivity contribution in [1.29, 1.82) is 0 Å².